The SMILES string of the molecule is Cc1nnc([C@@H](N)CO)n1C1CC1. The van der Waals surface area contributed by atoms with Crippen molar-refractivity contribution in [2.75, 3.05) is 6.61 Å². The second-order valence-corrected chi connectivity index (χ2v) is 3.50. The van der Waals surface area contributed by atoms with Gasteiger partial charge in [0, 0.05) is 6.04 Å². The summed E-state index contributed by atoms with van der Waals surface area (Å²) in [7, 11) is 0. The fourth-order valence-electron chi connectivity index (χ4n) is 1.50. The molecule has 0 saturated heterocycles. The monoisotopic (exact) mass is 182 g/mol. The standard InChI is InChI=1S/C8H14N4O/c1-5-10-11-8(7(9)4-13)12(5)6-2-3-6/h6-7,13H,2-4,9H2,1H3/t7-/m0/s1. The number of nitrogens with zero attached hydrogens (tertiary/aromatic N) is 3. The third-order valence-corrected chi connectivity index (χ3v) is 2.33. The van der Waals surface area contributed by atoms with E-state index in [1.165, 1.54) is 12.8 Å². The molecule has 1 saturated carbocycles. The molecule has 1 atom stereocenters. The zero-order chi connectivity index (χ0) is 9.42. The number of aromatic nitrogens is 3. The van der Waals surface area contributed by atoms with Crippen LogP contribution in [0.1, 0.15) is 36.6 Å². The van der Waals surface area contributed by atoms with Crippen molar-refractivity contribution in [3.05, 3.63) is 11.6 Å². The van der Waals surface area contributed by atoms with E-state index in [0.29, 0.717) is 11.9 Å². The van der Waals surface area contributed by atoms with E-state index in [2.05, 4.69) is 10.2 Å². The van der Waals surface area contributed by atoms with E-state index in [4.69, 9.17) is 10.8 Å². The van der Waals surface area contributed by atoms with Crippen LogP contribution in [0.3, 0.4) is 0 Å². The van der Waals surface area contributed by atoms with Crippen LogP contribution in [0, 0.1) is 6.92 Å². The molecule has 1 aliphatic carbocycles. The Labute approximate surface area is 76.6 Å². The summed E-state index contributed by atoms with van der Waals surface area (Å²) in [6, 6.07) is 0.115. The van der Waals surface area contributed by atoms with Gasteiger partial charge in [-0.15, -0.1) is 10.2 Å². The number of hydrogen-bond acceptors (Lipinski definition) is 4. The van der Waals surface area contributed by atoms with Gasteiger partial charge in [-0.1, -0.05) is 0 Å². The van der Waals surface area contributed by atoms with Gasteiger partial charge in [0.1, 0.15) is 5.82 Å². The molecule has 0 radical (unpaired) electrons. The summed E-state index contributed by atoms with van der Waals surface area (Å²) in [5.41, 5.74) is 5.70. The second-order valence-electron chi connectivity index (χ2n) is 3.50. The highest BCUT2D eigenvalue weighted by Gasteiger charge is 2.29. The minimum Gasteiger partial charge on any atom is -0.394 e. The fraction of sp³-hybridized carbons (Fsp3) is 0.750. The Morgan fingerprint density at radius 1 is 1.62 bits per heavy atom. The summed E-state index contributed by atoms with van der Waals surface area (Å²) in [4.78, 5) is 0. The van der Waals surface area contributed by atoms with Crippen LogP contribution in [0.15, 0.2) is 0 Å². The van der Waals surface area contributed by atoms with Gasteiger partial charge in [-0.05, 0) is 19.8 Å². The van der Waals surface area contributed by atoms with Gasteiger partial charge < -0.3 is 15.4 Å². The lowest BCUT2D eigenvalue weighted by Gasteiger charge is -2.10. The van der Waals surface area contributed by atoms with Crippen molar-refractivity contribution in [2.45, 2.75) is 31.8 Å². The number of nitrogens with two attached hydrogens (primary N) is 1. The summed E-state index contributed by atoms with van der Waals surface area (Å²) in [5, 5.41) is 16.9. The fourth-order valence-corrected chi connectivity index (χ4v) is 1.50. The summed E-state index contributed by atoms with van der Waals surface area (Å²) >= 11 is 0. The minimum absolute atomic E-state index is 0.0785. The molecule has 5 heteroatoms. The average molecular weight is 182 g/mol. The van der Waals surface area contributed by atoms with Gasteiger partial charge >= 0.3 is 0 Å². The molecule has 1 aromatic heterocycles. The highest BCUT2D eigenvalue weighted by molar-refractivity contribution is 5.04. The summed E-state index contributed by atoms with van der Waals surface area (Å²) in [6.45, 7) is 1.84. The Kier molecular flexibility index (Phi) is 2.05. The van der Waals surface area contributed by atoms with Crippen molar-refractivity contribution in [1.82, 2.24) is 14.8 Å². The molecule has 1 aliphatic rings. The van der Waals surface area contributed by atoms with Gasteiger partial charge in [-0.3, -0.25) is 0 Å². The van der Waals surface area contributed by atoms with Crippen LogP contribution >= 0.6 is 0 Å². The number of rotatable bonds is 3. The Morgan fingerprint density at radius 3 is 2.85 bits per heavy atom. The number of aliphatic hydroxyl groups excluding tert-OH is 1. The van der Waals surface area contributed by atoms with Gasteiger partial charge in [-0.2, -0.15) is 0 Å². The van der Waals surface area contributed by atoms with Crippen molar-refractivity contribution < 1.29 is 5.11 Å². The van der Waals surface area contributed by atoms with Crippen LogP contribution in [0.2, 0.25) is 0 Å². The predicted molar refractivity (Wildman–Crippen MR) is 47.0 cm³/mol. The smallest absolute Gasteiger partial charge is 0.152 e. The molecule has 0 spiro atoms. The molecule has 3 N–H and O–H groups in total. The molecule has 0 unspecified atom stereocenters. The Morgan fingerprint density at radius 2 is 2.31 bits per heavy atom. The van der Waals surface area contributed by atoms with Crippen LogP contribution < -0.4 is 5.73 Å². The van der Waals surface area contributed by atoms with Crippen LogP contribution in [0.5, 0.6) is 0 Å². The van der Waals surface area contributed by atoms with E-state index in [0.717, 1.165) is 5.82 Å². The molecule has 1 fully saturated rings. The highest BCUT2D eigenvalue weighted by Crippen LogP contribution is 2.37. The molecule has 1 heterocycles. The maximum Gasteiger partial charge on any atom is 0.152 e. The van der Waals surface area contributed by atoms with Crippen LogP contribution in [0.25, 0.3) is 0 Å². The molecule has 2 rings (SSSR count). The maximum absolute atomic E-state index is 8.92. The molecular weight excluding hydrogens is 168 g/mol. The summed E-state index contributed by atoms with van der Waals surface area (Å²) < 4.78 is 2.04. The van der Waals surface area contributed by atoms with Gasteiger partial charge in [0.25, 0.3) is 0 Å². The topological polar surface area (TPSA) is 77.0 Å². The summed E-state index contributed by atoms with van der Waals surface area (Å²) in [6.07, 6.45) is 2.34. The largest absolute Gasteiger partial charge is 0.394 e. The molecule has 1 aromatic rings. The molecule has 0 amide bonds. The quantitative estimate of drug-likeness (QED) is 0.685. The van der Waals surface area contributed by atoms with E-state index in [-0.39, 0.29) is 6.61 Å². The molecule has 13 heavy (non-hydrogen) atoms. The molecule has 0 bridgehead atoms. The first-order chi connectivity index (χ1) is 6.24. The van der Waals surface area contributed by atoms with Gasteiger partial charge in [0.05, 0.1) is 12.6 Å². The van der Waals surface area contributed by atoms with E-state index < -0.39 is 6.04 Å². The van der Waals surface area contributed by atoms with Crippen LogP contribution in [-0.2, 0) is 0 Å². The van der Waals surface area contributed by atoms with E-state index in [9.17, 15) is 0 Å². The lowest BCUT2D eigenvalue weighted by molar-refractivity contribution is 0.260. The van der Waals surface area contributed by atoms with Crippen molar-refractivity contribution >= 4 is 0 Å². The van der Waals surface area contributed by atoms with Crippen molar-refractivity contribution in [2.24, 2.45) is 5.73 Å². The molecule has 0 aromatic carbocycles. The predicted octanol–water partition coefficient (Wildman–Crippen LogP) is -0.0865. The average Bonchev–Trinajstić information content (AvgIpc) is 2.89. The zero-order valence-corrected chi connectivity index (χ0v) is 7.64. The number of hydrogen-bond donors (Lipinski definition) is 2. The summed E-state index contributed by atoms with van der Waals surface area (Å²) in [5.74, 6) is 1.60. The van der Waals surface area contributed by atoms with Crippen molar-refractivity contribution in [3.8, 4) is 0 Å². The highest BCUT2D eigenvalue weighted by atomic mass is 16.3. The van der Waals surface area contributed by atoms with Gasteiger partial charge in [0.2, 0.25) is 0 Å². The lowest BCUT2D eigenvalue weighted by atomic mass is 10.3. The van der Waals surface area contributed by atoms with Crippen LogP contribution in [0.4, 0.5) is 0 Å². The Balaban J connectivity index is 2.33. The second kappa shape index (κ2) is 3.08. The molecule has 0 aliphatic heterocycles. The van der Waals surface area contributed by atoms with Crippen LogP contribution in [-0.4, -0.2) is 26.5 Å². The first-order valence-electron chi connectivity index (χ1n) is 4.52. The number of aryl methyl sites for hydroxylation is 1. The minimum atomic E-state index is -0.401. The maximum atomic E-state index is 8.92. The molecule has 5 nitrogen and oxygen atoms in total. The van der Waals surface area contributed by atoms with Crippen molar-refractivity contribution in [3.63, 3.8) is 0 Å². The Bertz CT molecular complexity index is 305. The molecule has 72 valence electrons. The van der Waals surface area contributed by atoms with E-state index in [1.54, 1.807) is 0 Å². The third-order valence-electron chi connectivity index (χ3n) is 2.33. The van der Waals surface area contributed by atoms with E-state index >= 15 is 0 Å². The van der Waals surface area contributed by atoms with Crippen molar-refractivity contribution in [1.29, 1.82) is 0 Å². The Hall–Kier alpha value is -0.940. The van der Waals surface area contributed by atoms with Gasteiger partial charge in [-0.25, -0.2) is 0 Å². The third kappa shape index (κ3) is 1.45. The zero-order valence-electron chi connectivity index (χ0n) is 7.64. The number of aliphatic hydroxyl groups is 1. The first kappa shape index (κ1) is 8.65. The molecular formula is C8H14N4O. The first-order valence-corrected chi connectivity index (χ1v) is 4.52. The van der Waals surface area contributed by atoms with Gasteiger partial charge in [0.15, 0.2) is 5.82 Å². The van der Waals surface area contributed by atoms with E-state index in [1.807, 2.05) is 11.5 Å². The lowest BCUT2D eigenvalue weighted by Crippen LogP contribution is -2.20. The normalized spacial score (nSPS) is 19.0.